The summed E-state index contributed by atoms with van der Waals surface area (Å²) >= 11 is 0. The molecule has 0 amide bonds. The van der Waals surface area contributed by atoms with Crippen LogP contribution in [0.5, 0.6) is 0 Å². The van der Waals surface area contributed by atoms with Crippen LogP contribution in [0.4, 0.5) is 0 Å². The average molecular weight is 227 g/mol. The lowest BCUT2D eigenvalue weighted by Gasteiger charge is -2.33. The molecule has 0 N–H and O–H groups in total. The molecule has 17 heavy (non-hydrogen) atoms. The highest BCUT2D eigenvalue weighted by molar-refractivity contribution is 5.40. The summed E-state index contributed by atoms with van der Waals surface area (Å²) in [5, 5.41) is 2.29. The predicted octanol–water partition coefficient (Wildman–Crippen LogP) is 2.70. The fourth-order valence-corrected chi connectivity index (χ4v) is 4.51. The normalized spacial score (nSPS) is 40.4. The third kappa shape index (κ3) is 0.926. The molecule has 2 nitrogen and oxygen atoms in total. The Bertz CT molecular complexity index is 507. The van der Waals surface area contributed by atoms with E-state index < -0.39 is 0 Å². The summed E-state index contributed by atoms with van der Waals surface area (Å²) in [7, 11) is 0. The Hall–Kier alpha value is -0.860. The largest absolute Gasteiger partial charge is 0.298 e. The van der Waals surface area contributed by atoms with Crippen molar-refractivity contribution in [2.24, 2.45) is 10.8 Å². The second kappa shape index (κ2) is 2.60. The number of hydroxylamine groups is 2. The van der Waals surface area contributed by atoms with Gasteiger partial charge in [0.1, 0.15) is 0 Å². The molecule has 2 unspecified atom stereocenters. The zero-order valence-corrected chi connectivity index (χ0v) is 9.98. The highest BCUT2D eigenvalue weighted by Crippen LogP contribution is 2.84. The van der Waals surface area contributed by atoms with E-state index in [4.69, 9.17) is 4.84 Å². The molecule has 2 atom stereocenters. The van der Waals surface area contributed by atoms with Gasteiger partial charge in [-0.15, -0.1) is 0 Å². The molecular weight excluding hydrogens is 210 g/mol. The number of hydrogen-bond donors (Lipinski definition) is 0. The maximum Gasteiger partial charge on any atom is 0.0766 e. The van der Waals surface area contributed by atoms with Gasteiger partial charge in [0.2, 0.25) is 0 Å². The molecule has 2 saturated carbocycles. The number of hydrogen-bond acceptors (Lipinski definition) is 2. The first-order valence-corrected chi connectivity index (χ1v) is 6.82. The first-order valence-electron chi connectivity index (χ1n) is 6.82. The van der Waals surface area contributed by atoms with E-state index in [1.54, 1.807) is 11.1 Å². The fourth-order valence-electron chi connectivity index (χ4n) is 4.51. The molecule has 0 radical (unpaired) electrons. The van der Waals surface area contributed by atoms with Crippen LogP contribution < -0.4 is 0 Å². The van der Waals surface area contributed by atoms with Gasteiger partial charge in [0.25, 0.3) is 0 Å². The number of fused-ring (bicyclic) bond motifs is 5. The maximum absolute atomic E-state index is 6.00. The lowest BCUT2D eigenvalue weighted by molar-refractivity contribution is -0.136. The minimum atomic E-state index is 0.490. The third-order valence-electron chi connectivity index (χ3n) is 5.69. The van der Waals surface area contributed by atoms with Gasteiger partial charge in [-0.2, -0.15) is 5.06 Å². The second-order valence-electron chi connectivity index (χ2n) is 6.38. The summed E-state index contributed by atoms with van der Waals surface area (Å²) in [5.74, 6) is 0. The van der Waals surface area contributed by atoms with Crippen LogP contribution in [0, 0.1) is 10.8 Å². The zero-order valence-electron chi connectivity index (χ0n) is 9.98. The molecule has 1 aromatic carbocycles. The van der Waals surface area contributed by atoms with Gasteiger partial charge in [-0.05, 0) is 42.2 Å². The molecule has 2 spiro atoms. The number of benzene rings is 1. The van der Waals surface area contributed by atoms with Gasteiger partial charge < -0.3 is 0 Å². The van der Waals surface area contributed by atoms with Crippen molar-refractivity contribution in [1.82, 2.24) is 5.06 Å². The standard InChI is InChI=1S/C15H17NO/c1-2-4-12-11(3-1)5-8-16-13(12)15(10-17-16)9-14(15)6-7-14/h1-4,13H,5-10H2. The van der Waals surface area contributed by atoms with E-state index in [1.807, 2.05) is 0 Å². The van der Waals surface area contributed by atoms with Crippen LogP contribution in [0.25, 0.3) is 0 Å². The molecule has 88 valence electrons. The maximum atomic E-state index is 6.00. The molecule has 2 aliphatic heterocycles. The Morgan fingerprint density at radius 1 is 1.24 bits per heavy atom. The van der Waals surface area contributed by atoms with Gasteiger partial charge >= 0.3 is 0 Å². The van der Waals surface area contributed by atoms with Crippen LogP contribution in [-0.4, -0.2) is 18.2 Å². The predicted molar refractivity (Wildman–Crippen MR) is 64.3 cm³/mol. The number of rotatable bonds is 0. The lowest BCUT2D eigenvalue weighted by atomic mass is 9.83. The minimum absolute atomic E-state index is 0.490. The van der Waals surface area contributed by atoms with Crippen LogP contribution in [0.1, 0.15) is 36.4 Å². The van der Waals surface area contributed by atoms with E-state index in [2.05, 4.69) is 29.3 Å². The highest BCUT2D eigenvalue weighted by atomic mass is 16.7. The van der Waals surface area contributed by atoms with E-state index in [1.165, 1.54) is 19.3 Å². The average Bonchev–Trinajstić information content (AvgIpc) is 3.23. The van der Waals surface area contributed by atoms with Crippen molar-refractivity contribution in [3.8, 4) is 0 Å². The molecule has 5 rings (SSSR count). The summed E-state index contributed by atoms with van der Waals surface area (Å²) in [4.78, 5) is 6.00. The van der Waals surface area contributed by atoms with Crippen molar-refractivity contribution >= 4 is 0 Å². The van der Waals surface area contributed by atoms with Gasteiger partial charge in [-0.25, -0.2) is 0 Å². The zero-order chi connectivity index (χ0) is 11.1. The highest BCUT2D eigenvalue weighted by Gasteiger charge is 2.79. The van der Waals surface area contributed by atoms with Crippen molar-refractivity contribution in [3.05, 3.63) is 35.4 Å². The molecule has 3 fully saturated rings. The first kappa shape index (κ1) is 9.12. The van der Waals surface area contributed by atoms with Gasteiger partial charge in [0, 0.05) is 12.0 Å². The Labute approximate surface area is 102 Å². The Kier molecular flexibility index (Phi) is 1.39. The lowest BCUT2D eigenvalue weighted by Crippen LogP contribution is -2.33. The van der Waals surface area contributed by atoms with E-state index >= 15 is 0 Å². The van der Waals surface area contributed by atoms with Crippen LogP contribution in [0.3, 0.4) is 0 Å². The van der Waals surface area contributed by atoms with E-state index in [-0.39, 0.29) is 0 Å². The molecular formula is C15H17NO. The van der Waals surface area contributed by atoms with Gasteiger partial charge in [-0.1, -0.05) is 24.3 Å². The topological polar surface area (TPSA) is 12.5 Å². The second-order valence-corrected chi connectivity index (χ2v) is 6.38. The molecule has 4 aliphatic rings. The molecule has 0 bridgehead atoms. The monoisotopic (exact) mass is 227 g/mol. The summed E-state index contributed by atoms with van der Waals surface area (Å²) in [6.45, 7) is 2.06. The third-order valence-corrected chi connectivity index (χ3v) is 5.69. The van der Waals surface area contributed by atoms with Crippen molar-refractivity contribution in [3.63, 3.8) is 0 Å². The van der Waals surface area contributed by atoms with Crippen LogP contribution in [-0.2, 0) is 11.3 Å². The SMILES string of the molecule is c1ccc2c(c1)CCN1OCC3(CC34CC4)C21. The smallest absolute Gasteiger partial charge is 0.0766 e. The van der Waals surface area contributed by atoms with Gasteiger partial charge in [0.15, 0.2) is 0 Å². The van der Waals surface area contributed by atoms with Gasteiger partial charge in [-0.3, -0.25) is 4.84 Å². The summed E-state index contributed by atoms with van der Waals surface area (Å²) in [6.07, 6.45) is 5.46. The summed E-state index contributed by atoms with van der Waals surface area (Å²) < 4.78 is 0. The summed E-state index contributed by atoms with van der Waals surface area (Å²) in [6, 6.07) is 9.57. The molecule has 1 aromatic rings. The Morgan fingerprint density at radius 3 is 2.94 bits per heavy atom. The molecule has 2 heteroatoms. The fraction of sp³-hybridized carbons (Fsp3) is 0.600. The van der Waals surface area contributed by atoms with Crippen molar-refractivity contribution in [2.45, 2.75) is 31.7 Å². The van der Waals surface area contributed by atoms with E-state index in [0.717, 1.165) is 19.6 Å². The van der Waals surface area contributed by atoms with Crippen LogP contribution in [0.2, 0.25) is 0 Å². The van der Waals surface area contributed by atoms with Crippen molar-refractivity contribution in [2.75, 3.05) is 13.2 Å². The number of nitrogens with zero attached hydrogens (tertiary/aromatic N) is 1. The van der Waals surface area contributed by atoms with Crippen molar-refractivity contribution in [1.29, 1.82) is 0 Å². The molecule has 2 aliphatic carbocycles. The summed E-state index contributed by atoms with van der Waals surface area (Å²) in [5.41, 5.74) is 4.29. The van der Waals surface area contributed by atoms with Gasteiger partial charge in [0.05, 0.1) is 12.6 Å². The molecule has 0 aromatic heterocycles. The first-order chi connectivity index (χ1) is 8.35. The molecule has 2 heterocycles. The van der Waals surface area contributed by atoms with Crippen LogP contribution in [0.15, 0.2) is 24.3 Å². The van der Waals surface area contributed by atoms with Crippen molar-refractivity contribution < 1.29 is 4.84 Å². The molecule has 1 saturated heterocycles. The minimum Gasteiger partial charge on any atom is -0.298 e. The van der Waals surface area contributed by atoms with E-state index in [0.29, 0.717) is 16.9 Å². The van der Waals surface area contributed by atoms with E-state index in [9.17, 15) is 0 Å². The van der Waals surface area contributed by atoms with Crippen LogP contribution >= 0.6 is 0 Å². The Morgan fingerprint density at radius 2 is 2.12 bits per heavy atom. The Balaban J connectivity index is 1.67. The quantitative estimate of drug-likeness (QED) is 0.675.